The molecule has 1 atom stereocenters. The molecule has 32 heavy (non-hydrogen) atoms. The first-order valence-electron chi connectivity index (χ1n) is 11.3. The Morgan fingerprint density at radius 2 is 2.00 bits per heavy atom. The van der Waals surface area contributed by atoms with Gasteiger partial charge < -0.3 is 15.0 Å². The van der Waals surface area contributed by atoms with Crippen LogP contribution in [0.1, 0.15) is 71.6 Å². The van der Waals surface area contributed by atoms with E-state index in [1.54, 1.807) is 18.7 Å². The van der Waals surface area contributed by atoms with Crippen LogP contribution < -0.4 is 5.32 Å². The molecule has 1 N–H and O–H groups in total. The van der Waals surface area contributed by atoms with Gasteiger partial charge >= 0.3 is 5.97 Å². The standard InChI is InChI=1S/C24H30N4O4/c1-4-32-22(30)19-13-20-21(29)27(14-17-9-7-8-16(2)12-17)24(3,15-28(20)26-19)23(31)25-18-10-5-6-11-18/h7-9,12-13,18H,4-6,10-11,14-15H2,1-3H3,(H,25,31). The lowest BCUT2D eigenvalue weighted by Gasteiger charge is -2.43. The fourth-order valence-electron chi connectivity index (χ4n) is 4.60. The van der Waals surface area contributed by atoms with Gasteiger partial charge in [-0.05, 0) is 39.2 Å². The molecule has 1 unspecified atom stereocenters. The van der Waals surface area contributed by atoms with Crippen molar-refractivity contribution in [3.8, 4) is 0 Å². The van der Waals surface area contributed by atoms with Crippen molar-refractivity contribution >= 4 is 17.8 Å². The van der Waals surface area contributed by atoms with Gasteiger partial charge in [-0.15, -0.1) is 0 Å². The van der Waals surface area contributed by atoms with E-state index in [4.69, 9.17) is 4.74 Å². The van der Waals surface area contributed by atoms with Crippen molar-refractivity contribution in [2.24, 2.45) is 0 Å². The molecular weight excluding hydrogens is 408 g/mol. The van der Waals surface area contributed by atoms with Crippen molar-refractivity contribution < 1.29 is 19.1 Å². The predicted octanol–water partition coefficient (Wildman–Crippen LogP) is 2.84. The zero-order chi connectivity index (χ0) is 22.9. The number of ether oxygens (including phenoxy) is 1. The number of esters is 1. The Kier molecular flexibility index (Phi) is 6.04. The van der Waals surface area contributed by atoms with Gasteiger partial charge in [0.05, 0.1) is 13.2 Å². The number of aryl methyl sites for hydroxylation is 1. The van der Waals surface area contributed by atoms with Gasteiger partial charge in [0.1, 0.15) is 11.2 Å². The minimum Gasteiger partial charge on any atom is -0.461 e. The molecule has 2 aromatic rings. The van der Waals surface area contributed by atoms with Crippen LogP contribution in [-0.2, 0) is 22.6 Å². The summed E-state index contributed by atoms with van der Waals surface area (Å²) in [5.41, 5.74) is 1.24. The van der Waals surface area contributed by atoms with Crippen LogP contribution in [0.5, 0.6) is 0 Å². The molecular formula is C24H30N4O4. The van der Waals surface area contributed by atoms with Crippen LogP contribution in [0.4, 0.5) is 0 Å². The molecule has 8 heteroatoms. The zero-order valence-corrected chi connectivity index (χ0v) is 18.9. The average molecular weight is 439 g/mol. The lowest BCUT2D eigenvalue weighted by molar-refractivity contribution is -0.134. The SMILES string of the molecule is CCOC(=O)c1cc2n(n1)CC(C)(C(=O)NC1CCCC1)N(Cc1cccc(C)c1)C2=O. The maximum absolute atomic E-state index is 13.6. The Bertz CT molecular complexity index is 1040. The van der Waals surface area contributed by atoms with Crippen LogP contribution >= 0.6 is 0 Å². The monoisotopic (exact) mass is 438 g/mol. The Morgan fingerprint density at radius 1 is 1.25 bits per heavy atom. The van der Waals surface area contributed by atoms with Crippen molar-refractivity contribution in [3.05, 3.63) is 52.8 Å². The van der Waals surface area contributed by atoms with Crippen molar-refractivity contribution in [2.75, 3.05) is 6.61 Å². The van der Waals surface area contributed by atoms with E-state index in [1.807, 2.05) is 31.2 Å². The lowest BCUT2D eigenvalue weighted by Crippen LogP contribution is -2.64. The molecule has 0 spiro atoms. The number of fused-ring (bicyclic) bond motifs is 1. The number of nitrogens with one attached hydrogen (secondary N) is 1. The second-order valence-electron chi connectivity index (χ2n) is 8.90. The van der Waals surface area contributed by atoms with Gasteiger partial charge in [-0.3, -0.25) is 14.3 Å². The second-order valence-corrected chi connectivity index (χ2v) is 8.90. The number of aromatic nitrogens is 2. The Hall–Kier alpha value is -3.16. The summed E-state index contributed by atoms with van der Waals surface area (Å²) in [6.45, 7) is 6.16. The highest BCUT2D eigenvalue weighted by Crippen LogP contribution is 2.30. The molecule has 0 bridgehead atoms. The molecule has 8 nitrogen and oxygen atoms in total. The second kappa shape index (κ2) is 8.76. The third-order valence-corrected chi connectivity index (χ3v) is 6.38. The van der Waals surface area contributed by atoms with E-state index >= 15 is 0 Å². The highest BCUT2D eigenvalue weighted by atomic mass is 16.5. The molecule has 0 saturated heterocycles. The van der Waals surface area contributed by atoms with Crippen LogP contribution in [0.15, 0.2) is 30.3 Å². The van der Waals surface area contributed by atoms with Crippen molar-refractivity contribution in [1.82, 2.24) is 20.0 Å². The molecule has 1 aliphatic heterocycles. The van der Waals surface area contributed by atoms with Crippen molar-refractivity contribution in [1.29, 1.82) is 0 Å². The predicted molar refractivity (Wildman–Crippen MR) is 118 cm³/mol. The molecule has 170 valence electrons. The highest BCUT2D eigenvalue weighted by Gasteiger charge is 2.48. The normalized spacial score (nSPS) is 20.8. The Labute approximate surface area is 187 Å². The van der Waals surface area contributed by atoms with Gasteiger partial charge in [-0.2, -0.15) is 5.10 Å². The average Bonchev–Trinajstić information content (AvgIpc) is 3.41. The van der Waals surface area contributed by atoms with Crippen LogP contribution in [0, 0.1) is 6.92 Å². The van der Waals surface area contributed by atoms with E-state index in [0.717, 1.165) is 36.8 Å². The molecule has 4 rings (SSSR count). The topological polar surface area (TPSA) is 93.5 Å². The van der Waals surface area contributed by atoms with E-state index in [0.29, 0.717) is 0 Å². The van der Waals surface area contributed by atoms with Crippen LogP contribution in [0.3, 0.4) is 0 Å². The van der Waals surface area contributed by atoms with Crippen LogP contribution in [0.2, 0.25) is 0 Å². The number of rotatable bonds is 6. The number of amides is 2. The molecule has 1 aliphatic carbocycles. The first kappa shape index (κ1) is 22.0. The number of hydrogen-bond donors (Lipinski definition) is 1. The molecule has 1 aromatic heterocycles. The van der Waals surface area contributed by atoms with Gasteiger partial charge in [-0.1, -0.05) is 42.7 Å². The summed E-state index contributed by atoms with van der Waals surface area (Å²) in [4.78, 5) is 40.9. The van der Waals surface area contributed by atoms with Crippen molar-refractivity contribution in [2.45, 2.75) is 71.1 Å². The fraction of sp³-hybridized carbons (Fsp3) is 0.500. The minimum atomic E-state index is -1.14. The molecule has 1 saturated carbocycles. The van der Waals surface area contributed by atoms with Gasteiger partial charge in [0.15, 0.2) is 5.69 Å². The number of benzene rings is 1. The maximum Gasteiger partial charge on any atom is 0.358 e. The first-order chi connectivity index (χ1) is 15.3. The summed E-state index contributed by atoms with van der Waals surface area (Å²) in [7, 11) is 0. The Balaban J connectivity index is 1.70. The van der Waals surface area contributed by atoms with E-state index in [1.165, 1.54) is 10.7 Å². The van der Waals surface area contributed by atoms with Crippen LogP contribution in [0.25, 0.3) is 0 Å². The molecule has 2 heterocycles. The number of nitrogens with zero attached hydrogens (tertiary/aromatic N) is 3. The molecule has 0 radical (unpaired) electrons. The summed E-state index contributed by atoms with van der Waals surface area (Å²) < 4.78 is 6.51. The largest absolute Gasteiger partial charge is 0.461 e. The van der Waals surface area contributed by atoms with Gasteiger partial charge in [0.25, 0.3) is 5.91 Å². The number of carbonyl (C=O) groups excluding carboxylic acids is 3. The summed E-state index contributed by atoms with van der Waals surface area (Å²) in [5.74, 6) is -1.10. The minimum absolute atomic E-state index is 0.0751. The van der Waals surface area contributed by atoms with E-state index < -0.39 is 11.5 Å². The van der Waals surface area contributed by atoms with Crippen LogP contribution in [-0.4, -0.2) is 50.7 Å². The van der Waals surface area contributed by atoms with Gasteiger partial charge in [0, 0.05) is 18.7 Å². The summed E-state index contributed by atoms with van der Waals surface area (Å²) in [6.07, 6.45) is 4.10. The van der Waals surface area contributed by atoms with Gasteiger partial charge in [0.2, 0.25) is 5.91 Å². The van der Waals surface area contributed by atoms with E-state index in [-0.39, 0.29) is 48.9 Å². The molecule has 2 amide bonds. The highest BCUT2D eigenvalue weighted by molar-refractivity contribution is 6.01. The third kappa shape index (κ3) is 4.13. The van der Waals surface area contributed by atoms with Crippen molar-refractivity contribution in [3.63, 3.8) is 0 Å². The van der Waals surface area contributed by atoms with E-state index in [9.17, 15) is 14.4 Å². The third-order valence-electron chi connectivity index (χ3n) is 6.38. The van der Waals surface area contributed by atoms with E-state index in [2.05, 4.69) is 10.4 Å². The Morgan fingerprint density at radius 3 is 2.69 bits per heavy atom. The first-order valence-corrected chi connectivity index (χ1v) is 11.3. The zero-order valence-electron chi connectivity index (χ0n) is 18.9. The summed E-state index contributed by atoms with van der Waals surface area (Å²) in [6, 6.07) is 9.48. The summed E-state index contributed by atoms with van der Waals surface area (Å²) >= 11 is 0. The molecule has 1 fully saturated rings. The maximum atomic E-state index is 13.6. The number of hydrogen-bond acceptors (Lipinski definition) is 5. The smallest absolute Gasteiger partial charge is 0.358 e. The summed E-state index contributed by atoms with van der Waals surface area (Å²) in [5, 5.41) is 7.45. The molecule has 2 aliphatic rings. The quantitative estimate of drug-likeness (QED) is 0.700. The van der Waals surface area contributed by atoms with Gasteiger partial charge in [-0.25, -0.2) is 4.79 Å². The molecule has 1 aromatic carbocycles. The number of carbonyl (C=O) groups is 3. The lowest BCUT2D eigenvalue weighted by atomic mass is 9.93. The fourth-order valence-corrected chi connectivity index (χ4v) is 4.60.